The zero-order chi connectivity index (χ0) is 16.2. The molecule has 1 fully saturated rings. The molecule has 4 nitrogen and oxygen atoms in total. The van der Waals surface area contributed by atoms with Crippen LogP contribution in [0.4, 0.5) is 5.69 Å². The van der Waals surface area contributed by atoms with Crippen molar-refractivity contribution in [3.05, 3.63) is 28.8 Å². The van der Waals surface area contributed by atoms with Gasteiger partial charge in [-0.3, -0.25) is 4.90 Å². The summed E-state index contributed by atoms with van der Waals surface area (Å²) in [4.78, 5) is 2.41. The molecule has 0 aliphatic carbocycles. The summed E-state index contributed by atoms with van der Waals surface area (Å²) in [5.41, 5.74) is 2.11. The third kappa shape index (κ3) is 4.61. The number of aliphatic hydroxyl groups excluding tert-OH is 1. The van der Waals surface area contributed by atoms with Crippen LogP contribution in [0.1, 0.15) is 38.7 Å². The molecule has 1 saturated heterocycles. The summed E-state index contributed by atoms with van der Waals surface area (Å²) < 4.78 is 0. The number of nitrogens with zero attached hydrogens (tertiary/aromatic N) is 2. The minimum atomic E-state index is -0.630. The van der Waals surface area contributed by atoms with Gasteiger partial charge in [0, 0.05) is 13.0 Å². The molecule has 2 N–H and O–H groups in total. The molecule has 1 aromatic carbocycles. The molecule has 0 saturated carbocycles. The Balaban J connectivity index is 1.96. The number of nitriles is 1. The predicted molar refractivity (Wildman–Crippen MR) is 89.6 cm³/mol. The molecule has 0 aromatic heterocycles. The highest BCUT2D eigenvalue weighted by molar-refractivity contribution is 6.33. The minimum Gasteiger partial charge on any atom is -0.374 e. The van der Waals surface area contributed by atoms with Gasteiger partial charge < -0.3 is 10.4 Å². The van der Waals surface area contributed by atoms with Crippen molar-refractivity contribution in [2.24, 2.45) is 5.41 Å². The first-order chi connectivity index (χ1) is 10.4. The van der Waals surface area contributed by atoms with Crippen LogP contribution >= 0.6 is 11.6 Å². The smallest absolute Gasteiger partial charge is 0.121 e. The largest absolute Gasteiger partial charge is 0.374 e. The molecule has 1 unspecified atom stereocenters. The van der Waals surface area contributed by atoms with Crippen molar-refractivity contribution >= 4 is 17.3 Å². The van der Waals surface area contributed by atoms with Crippen LogP contribution < -0.4 is 5.32 Å². The van der Waals surface area contributed by atoms with Crippen molar-refractivity contribution in [2.45, 2.75) is 45.9 Å². The molecule has 0 amide bonds. The van der Waals surface area contributed by atoms with Gasteiger partial charge in [0.25, 0.3) is 0 Å². The van der Waals surface area contributed by atoms with Gasteiger partial charge in [0.1, 0.15) is 6.23 Å². The lowest BCUT2D eigenvalue weighted by Gasteiger charge is -2.38. The highest BCUT2D eigenvalue weighted by Crippen LogP contribution is 2.34. The number of anilines is 1. The van der Waals surface area contributed by atoms with Crippen LogP contribution in [0.2, 0.25) is 5.02 Å². The fraction of sp³-hybridized carbons (Fsp3) is 0.588. The fourth-order valence-corrected chi connectivity index (χ4v) is 3.06. The number of piperidine rings is 1. The van der Waals surface area contributed by atoms with Gasteiger partial charge >= 0.3 is 0 Å². The number of rotatable bonds is 5. The second kappa shape index (κ2) is 7.32. The number of nitrogens with one attached hydrogen (secondary N) is 1. The van der Waals surface area contributed by atoms with Gasteiger partial charge in [0.2, 0.25) is 0 Å². The van der Waals surface area contributed by atoms with Gasteiger partial charge in [-0.15, -0.1) is 0 Å². The van der Waals surface area contributed by atoms with E-state index in [2.05, 4.69) is 23.2 Å². The van der Waals surface area contributed by atoms with Crippen molar-refractivity contribution in [3.63, 3.8) is 0 Å². The van der Waals surface area contributed by atoms with Gasteiger partial charge in [-0.2, -0.15) is 5.26 Å². The maximum Gasteiger partial charge on any atom is 0.121 e. The van der Waals surface area contributed by atoms with Crippen LogP contribution in [-0.2, 0) is 6.54 Å². The van der Waals surface area contributed by atoms with E-state index in [1.807, 2.05) is 18.2 Å². The molecular weight excluding hydrogens is 298 g/mol. The van der Waals surface area contributed by atoms with E-state index in [-0.39, 0.29) is 5.41 Å². The quantitative estimate of drug-likeness (QED) is 0.813. The van der Waals surface area contributed by atoms with Crippen LogP contribution in [0.5, 0.6) is 0 Å². The van der Waals surface area contributed by atoms with Gasteiger partial charge in [-0.05, 0) is 56.0 Å². The highest BCUT2D eigenvalue weighted by Gasteiger charge is 2.29. The number of hydrogen-bond acceptors (Lipinski definition) is 4. The van der Waals surface area contributed by atoms with Crippen LogP contribution in [0.15, 0.2) is 18.2 Å². The molecule has 1 aliphatic heterocycles. The molecule has 120 valence electrons. The Morgan fingerprint density at radius 1 is 1.45 bits per heavy atom. The minimum absolute atomic E-state index is 0.171. The summed E-state index contributed by atoms with van der Waals surface area (Å²) in [6.07, 6.45) is 2.14. The van der Waals surface area contributed by atoms with Gasteiger partial charge in [0.15, 0.2) is 0 Å². The molecular formula is C17H24ClN3O. The van der Waals surface area contributed by atoms with Crippen molar-refractivity contribution in [1.29, 1.82) is 5.26 Å². The van der Waals surface area contributed by atoms with E-state index in [0.717, 1.165) is 38.2 Å². The Morgan fingerprint density at radius 3 is 2.73 bits per heavy atom. The molecule has 5 heteroatoms. The molecule has 0 bridgehead atoms. The van der Waals surface area contributed by atoms with E-state index in [9.17, 15) is 5.11 Å². The van der Waals surface area contributed by atoms with Crippen molar-refractivity contribution in [2.75, 3.05) is 18.4 Å². The molecule has 1 aromatic rings. The second-order valence-electron chi connectivity index (χ2n) is 6.56. The van der Waals surface area contributed by atoms with E-state index < -0.39 is 6.23 Å². The molecule has 22 heavy (non-hydrogen) atoms. The molecule has 1 heterocycles. The first-order valence-electron chi connectivity index (χ1n) is 7.74. The first-order valence-corrected chi connectivity index (χ1v) is 8.12. The van der Waals surface area contributed by atoms with E-state index in [1.54, 1.807) is 6.92 Å². The number of benzene rings is 1. The van der Waals surface area contributed by atoms with Crippen molar-refractivity contribution < 1.29 is 5.11 Å². The van der Waals surface area contributed by atoms with Gasteiger partial charge in [-0.1, -0.05) is 24.6 Å². The summed E-state index contributed by atoms with van der Waals surface area (Å²) in [6.45, 7) is 6.78. The van der Waals surface area contributed by atoms with E-state index in [0.29, 0.717) is 11.4 Å². The number of halogens is 1. The summed E-state index contributed by atoms with van der Waals surface area (Å²) in [5.74, 6) is 0. The van der Waals surface area contributed by atoms with E-state index >= 15 is 0 Å². The lowest BCUT2D eigenvalue weighted by Crippen LogP contribution is -2.38. The van der Waals surface area contributed by atoms with Crippen molar-refractivity contribution in [3.8, 4) is 6.07 Å². The Kier molecular flexibility index (Phi) is 5.69. The molecule has 1 aliphatic rings. The van der Waals surface area contributed by atoms with Crippen LogP contribution in [0.3, 0.4) is 0 Å². The topological polar surface area (TPSA) is 59.3 Å². The highest BCUT2D eigenvalue weighted by atomic mass is 35.5. The zero-order valence-corrected chi connectivity index (χ0v) is 14.0. The average Bonchev–Trinajstić information content (AvgIpc) is 2.45. The van der Waals surface area contributed by atoms with Crippen LogP contribution in [-0.4, -0.2) is 29.3 Å². The summed E-state index contributed by atoms with van der Waals surface area (Å²) >= 11 is 6.14. The number of likely N-dealkylation sites (tertiary alicyclic amines) is 1. The van der Waals surface area contributed by atoms with Gasteiger partial charge in [0.05, 0.1) is 16.8 Å². The Bertz CT molecular complexity index is 545. The average molecular weight is 322 g/mol. The Hall–Kier alpha value is -1.28. The van der Waals surface area contributed by atoms with E-state index in [4.69, 9.17) is 16.9 Å². The molecule has 0 radical (unpaired) electrons. The maximum absolute atomic E-state index is 9.44. The lowest BCUT2D eigenvalue weighted by molar-refractivity contribution is 0.116. The van der Waals surface area contributed by atoms with Crippen molar-refractivity contribution in [1.82, 2.24) is 4.90 Å². The molecule has 2 rings (SSSR count). The lowest BCUT2D eigenvalue weighted by atomic mass is 9.78. The SMILES string of the molecule is CC(O)Nc1cc(CN2CCC(C)(CC#N)CC2)ccc1Cl. The third-order valence-electron chi connectivity index (χ3n) is 4.37. The predicted octanol–water partition coefficient (Wildman–Crippen LogP) is 3.61. The normalized spacial score (nSPS) is 19.4. The monoisotopic (exact) mass is 321 g/mol. The summed E-state index contributed by atoms with van der Waals surface area (Å²) in [5, 5.41) is 21.9. The summed E-state index contributed by atoms with van der Waals surface area (Å²) in [7, 11) is 0. The van der Waals surface area contributed by atoms with Crippen LogP contribution in [0.25, 0.3) is 0 Å². The fourth-order valence-electron chi connectivity index (χ4n) is 2.88. The Morgan fingerprint density at radius 2 is 2.14 bits per heavy atom. The summed E-state index contributed by atoms with van der Waals surface area (Å²) in [6, 6.07) is 8.20. The third-order valence-corrected chi connectivity index (χ3v) is 4.70. The van der Waals surface area contributed by atoms with Gasteiger partial charge in [-0.25, -0.2) is 0 Å². The Labute approximate surface area is 137 Å². The van der Waals surface area contributed by atoms with Crippen LogP contribution in [0, 0.1) is 16.7 Å². The first kappa shape index (κ1) is 17.1. The standard InChI is InChI=1S/C17H24ClN3O/c1-13(22)20-16-11-14(3-4-15(16)18)12-21-9-6-17(2,5-8-19)7-10-21/h3-4,11,13,20,22H,5-7,9-10,12H2,1-2H3. The maximum atomic E-state index is 9.44. The number of aliphatic hydroxyl groups is 1. The van der Waals surface area contributed by atoms with E-state index in [1.165, 1.54) is 5.56 Å². The molecule has 0 spiro atoms. The second-order valence-corrected chi connectivity index (χ2v) is 6.96. The number of hydrogen-bond donors (Lipinski definition) is 2. The molecule has 1 atom stereocenters. The zero-order valence-electron chi connectivity index (χ0n) is 13.3.